The number of carbonyl (C=O) groups excluding carboxylic acids is 2. The van der Waals surface area contributed by atoms with Crippen molar-refractivity contribution < 1.29 is 18.8 Å². The maximum atomic E-state index is 13.8. The standard InChI is InChI=1S/C30H36N4O4/c1-19-18-37-25-9-4-3-7-22(25)8-5-6-12-30(29(36)31-19)13-15-34(16-14-30)28(35)23-17-24(21-10-11-21)32-27-26(23)20(2)33-38-27/h3-4,7,9,17,19,21H,5-6,8,10-16,18H2,1-2H3,(H,31,36)/t19-/m0/s1. The van der Waals surface area contributed by atoms with Gasteiger partial charge < -0.3 is 19.5 Å². The fourth-order valence-corrected chi connectivity index (χ4v) is 6.03. The lowest BCUT2D eigenvalue weighted by atomic mass is 9.73. The SMILES string of the molecule is Cc1noc2nc(C3CC3)cc(C(=O)N3CCC4(CCCCc5ccccc5OC[C@H](C)NC4=O)CC3)c12. The minimum atomic E-state index is -0.469. The van der Waals surface area contributed by atoms with E-state index in [4.69, 9.17) is 9.26 Å². The molecule has 8 nitrogen and oxygen atoms in total. The van der Waals surface area contributed by atoms with Crippen molar-refractivity contribution in [1.29, 1.82) is 0 Å². The van der Waals surface area contributed by atoms with Crippen LogP contribution in [0.4, 0.5) is 0 Å². The maximum absolute atomic E-state index is 13.8. The smallest absolute Gasteiger partial charge is 0.259 e. The Balaban J connectivity index is 1.19. The Hall–Kier alpha value is -3.42. The van der Waals surface area contributed by atoms with Gasteiger partial charge in [0, 0.05) is 24.7 Å². The molecule has 3 aliphatic rings. The van der Waals surface area contributed by atoms with Gasteiger partial charge in [0.05, 0.1) is 28.1 Å². The summed E-state index contributed by atoms with van der Waals surface area (Å²) in [5.74, 6) is 1.38. The van der Waals surface area contributed by atoms with E-state index in [0.29, 0.717) is 60.8 Å². The lowest BCUT2D eigenvalue weighted by molar-refractivity contribution is -0.135. The van der Waals surface area contributed by atoms with Gasteiger partial charge in [0.25, 0.3) is 11.6 Å². The molecule has 200 valence electrons. The van der Waals surface area contributed by atoms with Crippen molar-refractivity contribution in [2.45, 2.75) is 77.2 Å². The molecule has 4 heterocycles. The number of benzene rings is 1. The first-order valence-corrected chi connectivity index (χ1v) is 14.0. The first-order valence-electron chi connectivity index (χ1n) is 14.0. The maximum Gasteiger partial charge on any atom is 0.259 e. The van der Waals surface area contributed by atoms with Crippen molar-refractivity contribution >= 4 is 22.9 Å². The van der Waals surface area contributed by atoms with Gasteiger partial charge in [-0.3, -0.25) is 9.59 Å². The Kier molecular flexibility index (Phi) is 6.58. The monoisotopic (exact) mass is 516 g/mol. The van der Waals surface area contributed by atoms with Crippen LogP contribution < -0.4 is 10.1 Å². The Morgan fingerprint density at radius 2 is 1.92 bits per heavy atom. The number of aryl methyl sites for hydroxylation is 2. The van der Waals surface area contributed by atoms with Gasteiger partial charge in [0.1, 0.15) is 12.4 Å². The predicted molar refractivity (Wildman–Crippen MR) is 143 cm³/mol. The number of pyridine rings is 1. The predicted octanol–water partition coefficient (Wildman–Crippen LogP) is 4.94. The van der Waals surface area contributed by atoms with Crippen molar-refractivity contribution in [2.24, 2.45) is 5.41 Å². The van der Waals surface area contributed by atoms with E-state index >= 15 is 0 Å². The molecule has 2 fully saturated rings. The number of nitrogens with zero attached hydrogens (tertiary/aromatic N) is 3. The zero-order valence-corrected chi connectivity index (χ0v) is 22.3. The summed E-state index contributed by atoms with van der Waals surface area (Å²) >= 11 is 0. The number of amides is 2. The molecular weight excluding hydrogens is 480 g/mol. The first-order chi connectivity index (χ1) is 18.4. The van der Waals surface area contributed by atoms with E-state index in [1.807, 2.05) is 36.9 Å². The molecule has 1 atom stereocenters. The number of hydrogen-bond donors (Lipinski definition) is 1. The molecular formula is C30H36N4O4. The molecule has 6 rings (SSSR count). The van der Waals surface area contributed by atoms with Crippen LogP contribution in [0.25, 0.3) is 11.1 Å². The number of hydrogen-bond acceptors (Lipinski definition) is 6. The molecule has 1 aromatic carbocycles. The normalized spacial score (nSPS) is 22.2. The van der Waals surface area contributed by atoms with Crippen molar-refractivity contribution in [3.63, 3.8) is 0 Å². The van der Waals surface area contributed by atoms with E-state index in [1.54, 1.807) is 0 Å². The summed E-state index contributed by atoms with van der Waals surface area (Å²) in [6.45, 7) is 5.37. The molecule has 2 amide bonds. The van der Waals surface area contributed by atoms with Crippen LogP contribution in [-0.4, -0.2) is 52.6 Å². The summed E-state index contributed by atoms with van der Waals surface area (Å²) in [5.41, 5.74) is 3.42. The van der Waals surface area contributed by atoms with E-state index in [2.05, 4.69) is 27.6 Å². The summed E-state index contributed by atoms with van der Waals surface area (Å²) < 4.78 is 11.5. The molecule has 1 saturated carbocycles. The van der Waals surface area contributed by atoms with Gasteiger partial charge in [-0.25, -0.2) is 4.98 Å². The number of nitrogens with one attached hydrogen (secondary N) is 1. The number of carbonyl (C=O) groups is 2. The molecule has 0 bridgehead atoms. The molecule has 1 aliphatic carbocycles. The third-order valence-corrected chi connectivity index (χ3v) is 8.54. The summed E-state index contributed by atoms with van der Waals surface area (Å²) in [6.07, 6.45) is 7.21. The number of ether oxygens (including phenoxy) is 1. The second kappa shape index (κ2) is 10.0. The second-order valence-electron chi connectivity index (χ2n) is 11.4. The highest BCUT2D eigenvalue weighted by atomic mass is 16.5. The molecule has 1 saturated heterocycles. The second-order valence-corrected chi connectivity index (χ2v) is 11.4. The number of likely N-dealkylation sites (tertiary alicyclic amines) is 1. The lowest BCUT2D eigenvalue weighted by Crippen LogP contribution is -2.52. The molecule has 38 heavy (non-hydrogen) atoms. The molecule has 3 aromatic rings. The molecule has 0 unspecified atom stereocenters. The van der Waals surface area contributed by atoms with Crippen molar-refractivity contribution in [3.8, 4) is 5.75 Å². The summed E-state index contributed by atoms with van der Waals surface area (Å²) in [6, 6.07) is 10.0. The molecule has 2 aliphatic heterocycles. The van der Waals surface area contributed by atoms with Gasteiger partial charge in [-0.2, -0.15) is 0 Å². The van der Waals surface area contributed by atoms with E-state index in [9.17, 15) is 9.59 Å². The van der Waals surface area contributed by atoms with Gasteiger partial charge in [-0.05, 0) is 76.5 Å². The average molecular weight is 517 g/mol. The van der Waals surface area contributed by atoms with Crippen LogP contribution in [0.2, 0.25) is 0 Å². The van der Waals surface area contributed by atoms with E-state index < -0.39 is 5.41 Å². The van der Waals surface area contributed by atoms with E-state index in [0.717, 1.165) is 50.0 Å². The zero-order chi connectivity index (χ0) is 26.3. The number of aromatic nitrogens is 2. The topological polar surface area (TPSA) is 97.6 Å². The molecule has 8 heteroatoms. The van der Waals surface area contributed by atoms with Crippen molar-refractivity contribution in [2.75, 3.05) is 19.7 Å². The summed E-state index contributed by atoms with van der Waals surface area (Å²) in [5, 5.41) is 8.01. The lowest BCUT2D eigenvalue weighted by Gasteiger charge is -2.41. The van der Waals surface area contributed by atoms with Gasteiger partial charge >= 0.3 is 0 Å². The average Bonchev–Trinajstić information content (AvgIpc) is 3.72. The fourth-order valence-electron chi connectivity index (χ4n) is 6.03. The van der Waals surface area contributed by atoms with Gasteiger partial charge in [0.2, 0.25) is 5.91 Å². The van der Waals surface area contributed by atoms with Crippen LogP contribution in [0.3, 0.4) is 0 Å². The Morgan fingerprint density at radius 3 is 2.71 bits per heavy atom. The van der Waals surface area contributed by atoms with Gasteiger partial charge in [-0.15, -0.1) is 0 Å². The minimum Gasteiger partial charge on any atom is -0.491 e. The number of rotatable bonds is 2. The van der Waals surface area contributed by atoms with Crippen LogP contribution in [0.15, 0.2) is 34.9 Å². The summed E-state index contributed by atoms with van der Waals surface area (Å²) in [7, 11) is 0. The van der Waals surface area contributed by atoms with E-state index in [1.165, 1.54) is 5.56 Å². The minimum absolute atomic E-state index is 0.0209. The zero-order valence-electron chi connectivity index (χ0n) is 22.3. The summed E-state index contributed by atoms with van der Waals surface area (Å²) in [4.78, 5) is 34.0. The highest BCUT2D eigenvalue weighted by Gasteiger charge is 2.43. The van der Waals surface area contributed by atoms with Crippen LogP contribution in [0.5, 0.6) is 5.75 Å². The highest BCUT2D eigenvalue weighted by molar-refractivity contribution is 6.06. The van der Waals surface area contributed by atoms with Gasteiger partial charge in [-0.1, -0.05) is 29.8 Å². The van der Waals surface area contributed by atoms with Crippen LogP contribution >= 0.6 is 0 Å². The van der Waals surface area contributed by atoms with Crippen LogP contribution in [-0.2, 0) is 11.2 Å². The quantitative estimate of drug-likeness (QED) is 0.518. The van der Waals surface area contributed by atoms with Crippen LogP contribution in [0, 0.1) is 12.3 Å². The molecule has 0 radical (unpaired) electrons. The van der Waals surface area contributed by atoms with E-state index in [-0.39, 0.29) is 17.9 Å². The number of fused-ring (bicyclic) bond motifs is 2. The largest absolute Gasteiger partial charge is 0.491 e. The molecule has 1 spiro atoms. The van der Waals surface area contributed by atoms with Crippen molar-refractivity contribution in [1.82, 2.24) is 20.4 Å². The van der Waals surface area contributed by atoms with Crippen LogP contribution in [0.1, 0.15) is 85.1 Å². The third kappa shape index (κ3) is 4.76. The fraction of sp³-hybridized carbons (Fsp3) is 0.533. The van der Waals surface area contributed by atoms with Gasteiger partial charge in [0.15, 0.2) is 0 Å². The Bertz CT molecular complexity index is 1350. The highest BCUT2D eigenvalue weighted by Crippen LogP contribution is 2.42. The Labute approximate surface area is 223 Å². The molecule has 2 aromatic heterocycles. The third-order valence-electron chi connectivity index (χ3n) is 8.54. The number of para-hydroxylation sites is 1. The first kappa shape index (κ1) is 24.9. The number of piperidine rings is 1. The van der Waals surface area contributed by atoms with Crippen molar-refractivity contribution in [3.05, 3.63) is 52.8 Å². The molecule has 1 N–H and O–H groups in total. The Morgan fingerprint density at radius 1 is 1.13 bits per heavy atom.